The minimum atomic E-state index is -0.900. The molecule has 146 valence electrons. The van der Waals surface area contributed by atoms with Gasteiger partial charge in [-0.05, 0) is 36.5 Å². The van der Waals surface area contributed by atoms with Crippen LogP contribution in [-0.4, -0.2) is 34.8 Å². The van der Waals surface area contributed by atoms with Crippen LogP contribution >= 0.6 is 0 Å². The summed E-state index contributed by atoms with van der Waals surface area (Å²) in [5.74, 6) is -0.734. The van der Waals surface area contributed by atoms with Gasteiger partial charge in [-0.1, -0.05) is 62.4 Å². The third-order valence-electron chi connectivity index (χ3n) is 5.28. The monoisotopic (exact) mass is 379 g/mol. The van der Waals surface area contributed by atoms with Gasteiger partial charge < -0.3 is 10.6 Å². The van der Waals surface area contributed by atoms with Crippen LogP contribution in [0, 0.1) is 0 Å². The van der Waals surface area contributed by atoms with Crippen LogP contribution in [0.15, 0.2) is 54.6 Å². The summed E-state index contributed by atoms with van der Waals surface area (Å²) in [7, 11) is 0. The number of anilines is 1. The van der Waals surface area contributed by atoms with Crippen molar-refractivity contribution >= 4 is 23.5 Å². The molecule has 0 bridgehead atoms. The van der Waals surface area contributed by atoms with Crippen molar-refractivity contribution in [2.75, 3.05) is 11.9 Å². The van der Waals surface area contributed by atoms with Gasteiger partial charge in [0, 0.05) is 5.69 Å². The van der Waals surface area contributed by atoms with Crippen LogP contribution in [0.4, 0.5) is 10.5 Å². The van der Waals surface area contributed by atoms with Gasteiger partial charge >= 0.3 is 6.03 Å². The van der Waals surface area contributed by atoms with Crippen LogP contribution in [-0.2, 0) is 16.0 Å². The van der Waals surface area contributed by atoms with Gasteiger partial charge in [-0.15, -0.1) is 0 Å². The molecule has 0 radical (unpaired) electrons. The molecule has 0 atom stereocenters. The number of hydrogen-bond acceptors (Lipinski definition) is 3. The van der Waals surface area contributed by atoms with E-state index in [9.17, 15) is 14.4 Å². The summed E-state index contributed by atoms with van der Waals surface area (Å²) < 4.78 is 0. The standard InChI is InChI=1S/C22H25N3O3/c1-3-22(4-2)20(27)25(21(28)24-22)15-19(26)23-18-13-9-8-12-17(18)14-16-10-6-5-7-11-16/h5-13H,3-4,14-15H2,1-2H3,(H,23,26)(H,24,28). The molecule has 1 fully saturated rings. The van der Waals surface area contributed by atoms with Crippen molar-refractivity contribution in [3.05, 3.63) is 65.7 Å². The Kier molecular flexibility index (Phi) is 5.78. The van der Waals surface area contributed by atoms with Gasteiger partial charge in [0.1, 0.15) is 12.1 Å². The smallest absolute Gasteiger partial charge is 0.324 e. The zero-order valence-electron chi connectivity index (χ0n) is 16.2. The molecule has 1 saturated heterocycles. The summed E-state index contributed by atoms with van der Waals surface area (Å²) in [6.07, 6.45) is 1.66. The number of rotatable bonds is 7. The number of hydrogen-bond donors (Lipinski definition) is 2. The molecule has 6 nitrogen and oxygen atoms in total. The molecule has 0 aliphatic carbocycles. The first-order valence-electron chi connectivity index (χ1n) is 9.55. The summed E-state index contributed by atoms with van der Waals surface area (Å²) in [6, 6.07) is 17.0. The second-order valence-corrected chi connectivity index (χ2v) is 6.98. The minimum absolute atomic E-state index is 0.300. The number of imide groups is 1. The lowest BCUT2D eigenvalue weighted by Gasteiger charge is -2.23. The Bertz CT molecular complexity index is 876. The maximum absolute atomic E-state index is 12.7. The second-order valence-electron chi connectivity index (χ2n) is 6.98. The van der Waals surface area contributed by atoms with E-state index in [0.29, 0.717) is 24.9 Å². The van der Waals surface area contributed by atoms with Crippen LogP contribution in [0.25, 0.3) is 0 Å². The average Bonchev–Trinajstić information content (AvgIpc) is 2.95. The average molecular weight is 379 g/mol. The number of amides is 4. The van der Waals surface area contributed by atoms with E-state index in [1.807, 2.05) is 68.4 Å². The maximum atomic E-state index is 12.7. The Morgan fingerprint density at radius 1 is 1.00 bits per heavy atom. The van der Waals surface area contributed by atoms with Crippen LogP contribution in [0.1, 0.15) is 37.8 Å². The van der Waals surface area contributed by atoms with Gasteiger partial charge in [0.25, 0.3) is 5.91 Å². The number of benzene rings is 2. The Morgan fingerprint density at radius 2 is 1.64 bits per heavy atom. The molecule has 2 aromatic rings. The maximum Gasteiger partial charge on any atom is 0.325 e. The largest absolute Gasteiger partial charge is 0.325 e. The molecule has 1 aliphatic heterocycles. The molecule has 1 aliphatic rings. The Hall–Kier alpha value is -3.15. The fraction of sp³-hybridized carbons (Fsp3) is 0.318. The van der Waals surface area contributed by atoms with E-state index in [0.717, 1.165) is 16.0 Å². The number of carbonyl (C=O) groups excluding carboxylic acids is 3. The zero-order valence-corrected chi connectivity index (χ0v) is 16.2. The minimum Gasteiger partial charge on any atom is -0.324 e. The van der Waals surface area contributed by atoms with Crippen LogP contribution in [0.3, 0.4) is 0 Å². The third kappa shape index (κ3) is 3.91. The predicted octanol–water partition coefficient (Wildman–Crippen LogP) is 3.33. The molecule has 3 rings (SSSR count). The van der Waals surface area contributed by atoms with E-state index in [1.165, 1.54) is 0 Å². The molecule has 0 unspecified atom stereocenters. The van der Waals surface area contributed by atoms with E-state index < -0.39 is 17.5 Å². The summed E-state index contributed by atoms with van der Waals surface area (Å²) in [5.41, 5.74) is 1.88. The fourth-order valence-electron chi connectivity index (χ4n) is 3.49. The molecule has 0 spiro atoms. The van der Waals surface area contributed by atoms with E-state index >= 15 is 0 Å². The molecule has 6 heteroatoms. The molecule has 0 aromatic heterocycles. The van der Waals surface area contributed by atoms with Gasteiger partial charge in [-0.25, -0.2) is 4.79 Å². The van der Waals surface area contributed by atoms with Crippen LogP contribution in [0.5, 0.6) is 0 Å². The fourth-order valence-corrected chi connectivity index (χ4v) is 3.49. The third-order valence-corrected chi connectivity index (χ3v) is 5.28. The van der Waals surface area contributed by atoms with E-state index in [1.54, 1.807) is 0 Å². The molecular formula is C22H25N3O3. The predicted molar refractivity (Wildman–Crippen MR) is 108 cm³/mol. The van der Waals surface area contributed by atoms with E-state index in [4.69, 9.17) is 0 Å². The molecular weight excluding hydrogens is 354 g/mol. The normalized spacial score (nSPS) is 15.4. The molecule has 2 aromatic carbocycles. The number of para-hydroxylation sites is 1. The van der Waals surface area contributed by atoms with E-state index in [-0.39, 0.29) is 12.5 Å². The molecule has 1 heterocycles. The first-order valence-corrected chi connectivity index (χ1v) is 9.55. The van der Waals surface area contributed by atoms with Gasteiger partial charge in [0.05, 0.1) is 0 Å². The van der Waals surface area contributed by atoms with Crippen molar-refractivity contribution < 1.29 is 14.4 Å². The highest BCUT2D eigenvalue weighted by molar-refractivity contribution is 6.10. The lowest BCUT2D eigenvalue weighted by molar-refractivity contribution is -0.134. The van der Waals surface area contributed by atoms with Crippen LogP contribution < -0.4 is 10.6 Å². The number of urea groups is 1. The van der Waals surface area contributed by atoms with Gasteiger partial charge in [-0.3, -0.25) is 14.5 Å². The van der Waals surface area contributed by atoms with Crippen molar-refractivity contribution in [2.24, 2.45) is 0 Å². The highest BCUT2D eigenvalue weighted by atomic mass is 16.2. The number of carbonyl (C=O) groups is 3. The first-order chi connectivity index (χ1) is 13.5. The van der Waals surface area contributed by atoms with Crippen molar-refractivity contribution in [1.29, 1.82) is 0 Å². The quantitative estimate of drug-likeness (QED) is 0.725. The molecule has 0 saturated carbocycles. The van der Waals surface area contributed by atoms with Crippen molar-refractivity contribution in [3.63, 3.8) is 0 Å². The van der Waals surface area contributed by atoms with Gasteiger partial charge in [-0.2, -0.15) is 0 Å². The number of nitrogens with one attached hydrogen (secondary N) is 2. The van der Waals surface area contributed by atoms with Crippen molar-refractivity contribution in [1.82, 2.24) is 10.2 Å². The summed E-state index contributed by atoms with van der Waals surface area (Å²) in [4.78, 5) is 38.5. The zero-order chi connectivity index (χ0) is 20.1. The highest BCUT2D eigenvalue weighted by Crippen LogP contribution is 2.25. The lowest BCUT2D eigenvalue weighted by Crippen LogP contribution is -2.46. The molecule has 28 heavy (non-hydrogen) atoms. The number of nitrogens with zero attached hydrogens (tertiary/aromatic N) is 1. The second kappa shape index (κ2) is 8.25. The lowest BCUT2D eigenvalue weighted by atomic mass is 9.93. The Labute approximate surface area is 164 Å². The Morgan fingerprint density at radius 3 is 2.29 bits per heavy atom. The van der Waals surface area contributed by atoms with Gasteiger partial charge in [0.15, 0.2) is 0 Å². The summed E-state index contributed by atoms with van der Waals surface area (Å²) in [5, 5.41) is 5.59. The SMILES string of the molecule is CCC1(CC)NC(=O)N(CC(=O)Nc2ccccc2Cc2ccccc2)C1=O. The van der Waals surface area contributed by atoms with Crippen molar-refractivity contribution in [3.8, 4) is 0 Å². The van der Waals surface area contributed by atoms with Gasteiger partial charge in [0.2, 0.25) is 5.91 Å². The molecule has 2 N–H and O–H groups in total. The van der Waals surface area contributed by atoms with Crippen molar-refractivity contribution in [2.45, 2.75) is 38.6 Å². The first kappa shape index (κ1) is 19.6. The highest BCUT2D eigenvalue weighted by Gasteiger charge is 2.49. The topological polar surface area (TPSA) is 78.5 Å². The summed E-state index contributed by atoms with van der Waals surface area (Å²) in [6.45, 7) is 3.41. The van der Waals surface area contributed by atoms with E-state index in [2.05, 4.69) is 10.6 Å². The molecule has 4 amide bonds. The summed E-state index contributed by atoms with van der Waals surface area (Å²) >= 11 is 0. The van der Waals surface area contributed by atoms with Crippen LogP contribution in [0.2, 0.25) is 0 Å². The Balaban J connectivity index is 1.71.